The lowest BCUT2D eigenvalue weighted by Gasteiger charge is -2.19. The zero-order valence-corrected chi connectivity index (χ0v) is 13.5. The van der Waals surface area contributed by atoms with Gasteiger partial charge in [0.1, 0.15) is 5.75 Å². The largest absolute Gasteiger partial charge is 0.489 e. The van der Waals surface area contributed by atoms with E-state index in [4.69, 9.17) is 4.74 Å². The highest BCUT2D eigenvalue weighted by atomic mass is 32.1. The Hall–Kier alpha value is -1.55. The average molecular weight is 290 g/mol. The molecule has 1 unspecified atom stereocenters. The van der Waals surface area contributed by atoms with Crippen molar-refractivity contribution in [3.8, 4) is 5.75 Å². The third-order valence-electron chi connectivity index (χ3n) is 2.95. The predicted molar refractivity (Wildman–Crippen MR) is 85.8 cm³/mol. The molecule has 3 nitrogen and oxygen atoms in total. The minimum Gasteiger partial charge on any atom is -0.489 e. The van der Waals surface area contributed by atoms with E-state index < -0.39 is 0 Å². The number of rotatable bonds is 5. The molecule has 2 aromatic rings. The standard InChI is InChI=1S/C16H22N2OS/c1-10(2)19-15-9-7-6-8-14(15)18-12(4)16-11(3)17-13(5)20-16/h6-10,12,18H,1-5H3. The van der Waals surface area contributed by atoms with Crippen molar-refractivity contribution in [3.63, 3.8) is 0 Å². The first-order valence-electron chi connectivity index (χ1n) is 6.93. The molecule has 0 bridgehead atoms. The maximum absolute atomic E-state index is 5.84. The molecule has 1 atom stereocenters. The molecule has 0 aliphatic heterocycles. The predicted octanol–water partition coefficient (Wildman–Crippen LogP) is 4.72. The van der Waals surface area contributed by atoms with Crippen LogP contribution in [0.15, 0.2) is 24.3 Å². The molecule has 0 radical (unpaired) electrons. The summed E-state index contributed by atoms with van der Waals surface area (Å²) in [7, 11) is 0. The van der Waals surface area contributed by atoms with Gasteiger partial charge in [0.2, 0.25) is 0 Å². The number of hydrogen-bond donors (Lipinski definition) is 1. The zero-order valence-electron chi connectivity index (χ0n) is 12.7. The lowest BCUT2D eigenvalue weighted by Crippen LogP contribution is -2.11. The van der Waals surface area contributed by atoms with Crippen molar-refractivity contribution in [2.45, 2.75) is 46.8 Å². The van der Waals surface area contributed by atoms with E-state index in [0.29, 0.717) is 0 Å². The Bertz CT molecular complexity index is 578. The summed E-state index contributed by atoms with van der Waals surface area (Å²) in [6, 6.07) is 8.29. The normalized spacial score (nSPS) is 12.5. The fourth-order valence-corrected chi connectivity index (χ4v) is 3.12. The number of hydrogen-bond acceptors (Lipinski definition) is 4. The molecule has 1 aromatic carbocycles. The second-order valence-electron chi connectivity index (χ2n) is 5.21. The van der Waals surface area contributed by atoms with E-state index in [9.17, 15) is 0 Å². The molecule has 0 spiro atoms. The van der Waals surface area contributed by atoms with Gasteiger partial charge in [-0.1, -0.05) is 12.1 Å². The number of aryl methyl sites for hydroxylation is 2. The Balaban J connectivity index is 2.19. The van der Waals surface area contributed by atoms with Crippen LogP contribution >= 0.6 is 11.3 Å². The lowest BCUT2D eigenvalue weighted by molar-refractivity contribution is 0.243. The first kappa shape index (κ1) is 14.9. The number of aromatic nitrogens is 1. The van der Waals surface area contributed by atoms with Gasteiger partial charge in [-0.25, -0.2) is 4.98 Å². The van der Waals surface area contributed by atoms with Crippen LogP contribution in [0.5, 0.6) is 5.75 Å². The van der Waals surface area contributed by atoms with Gasteiger partial charge in [-0.2, -0.15) is 0 Å². The van der Waals surface area contributed by atoms with Crippen LogP contribution in [0.2, 0.25) is 0 Å². The van der Waals surface area contributed by atoms with Crippen LogP contribution < -0.4 is 10.1 Å². The van der Waals surface area contributed by atoms with Gasteiger partial charge in [-0.3, -0.25) is 0 Å². The quantitative estimate of drug-likeness (QED) is 0.865. The van der Waals surface area contributed by atoms with E-state index in [1.807, 2.05) is 39.0 Å². The second-order valence-corrected chi connectivity index (χ2v) is 6.45. The number of thiazole rings is 1. The van der Waals surface area contributed by atoms with Gasteiger partial charge in [0, 0.05) is 4.88 Å². The molecule has 0 aliphatic rings. The van der Waals surface area contributed by atoms with Crippen LogP contribution in [0, 0.1) is 13.8 Å². The van der Waals surface area contributed by atoms with Crippen LogP contribution in [0.3, 0.4) is 0 Å². The Labute approximate surface area is 125 Å². The van der Waals surface area contributed by atoms with Crippen molar-refractivity contribution < 1.29 is 4.74 Å². The highest BCUT2D eigenvalue weighted by Gasteiger charge is 2.14. The molecule has 0 aliphatic carbocycles. The number of anilines is 1. The van der Waals surface area contributed by atoms with Crippen LogP contribution in [0.25, 0.3) is 0 Å². The highest BCUT2D eigenvalue weighted by molar-refractivity contribution is 7.11. The van der Waals surface area contributed by atoms with Crippen molar-refractivity contribution in [2.24, 2.45) is 0 Å². The average Bonchev–Trinajstić information content (AvgIpc) is 2.70. The van der Waals surface area contributed by atoms with E-state index in [1.165, 1.54) is 4.88 Å². The van der Waals surface area contributed by atoms with Gasteiger partial charge in [0.05, 0.1) is 28.5 Å². The second kappa shape index (κ2) is 6.27. The van der Waals surface area contributed by atoms with Crippen molar-refractivity contribution >= 4 is 17.0 Å². The summed E-state index contributed by atoms with van der Waals surface area (Å²) in [6.07, 6.45) is 0.167. The molecule has 0 fully saturated rings. The van der Waals surface area contributed by atoms with Crippen LogP contribution in [0.1, 0.15) is 42.4 Å². The summed E-state index contributed by atoms with van der Waals surface area (Å²) >= 11 is 1.75. The molecule has 2 rings (SSSR count). The first-order chi connectivity index (χ1) is 9.47. The lowest BCUT2D eigenvalue weighted by atomic mass is 10.2. The summed E-state index contributed by atoms with van der Waals surface area (Å²) in [5, 5.41) is 4.64. The minimum absolute atomic E-state index is 0.167. The summed E-state index contributed by atoms with van der Waals surface area (Å²) in [4.78, 5) is 5.77. The monoisotopic (exact) mass is 290 g/mol. The molecule has 1 N–H and O–H groups in total. The third-order valence-corrected chi connectivity index (χ3v) is 4.21. The summed E-state index contributed by atoms with van der Waals surface area (Å²) in [6.45, 7) is 10.3. The van der Waals surface area contributed by atoms with Crippen LogP contribution in [-0.2, 0) is 0 Å². The Kier molecular flexibility index (Phi) is 4.65. The molecule has 20 heavy (non-hydrogen) atoms. The number of nitrogens with zero attached hydrogens (tertiary/aromatic N) is 1. The van der Waals surface area contributed by atoms with E-state index in [-0.39, 0.29) is 12.1 Å². The topological polar surface area (TPSA) is 34.2 Å². The van der Waals surface area contributed by atoms with Crippen molar-refractivity contribution in [3.05, 3.63) is 39.8 Å². The third kappa shape index (κ3) is 3.51. The van der Waals surface area contributed by atoms with Crippen molar-refractivity contribution in [1.29, 1.82) is 0 Å². The summed E-state index contributed by atoms with van der Waals surface area (Å²) in [5.74, 6) is 0.897. The maximum atomic E-state index is 5.84. The fraction of sp³-hybridized carbons (Fsp3) is 0.438. The number of nitrogens with one attached hydrogen (secondary N) is 1. The zero-order chi connectivity index (χ0) is 14.7. The van der Waals surface area contributed by atoms with Gasteiger partial charge in [0.15, 0.2) is 0 Å². The molecule has 0 saturated carbocycles. The van der Waals surface area contributed by atoms with E-state index >= 15 is 0 Å². The Morgan fingerprint density at radius 2 is 1.85 bits per heavy atom. The molecule has 108 valence electrons. The number of ether oxygens (including phenoxy) is 1. The van der Waals surface area contributed by atoms with E-state index in [2.05, 4.69) is 30.2 Å². The number of benzene rings is 1. The molecule has 0 amide bonds. The molecule has 0 saturated heterocycles. The first-order valence-corrected chi connectivity index (χ1v) is 7.75. The molecule has 1 aromatic heterocycles. The van der Waals surface area contributed by atoms with Gasteiger partial charge in [-0.05, 0) is 46.8 Å². The van der Waals surface area contributed by atoms with Crippen molar-refractivity contribution in [1.82, 2.24) is 4.98 Å². The van der Waals surface area contributed by atoms with Crippen molar-refractivity contribution in [2.75, 3.05) is 5.32 Å². The van der Waals surface area contributed by atoms with E-state index in [0.717, 1.165) is 22.1 Å². The Morgan fingerprint density at radius 3 is 2.45 bits per heavy atom. The van der Waals surface area contributed by atoms with Gasteiger partial charge < -0.3 is 10.1 Å². The van der Waals surface area contributed by atoms with Gasteiger partial charge in [0.25, 0.3) is 0 Å². The van der Waals surface area contributed by atoms with Gasteiger partial charge >= 0.3 is 0 Å². The molecule has 1 heterocycles. The Morgan fingerprint density at radius 1 is 1.15 bits per heavy atom. The minimum atomic E-state index is 0.167. The summed E-state index contributed by atoms with van der Waals surface area (Å²) < 4.78 is 5.84. The number of para-hydroxylation sites is 2. The van der Waals surface area contributed by atoms with Crippen LogP contribution in [-0.4, -0.2) is 11.1 Å². The SMILES string of the molecule is Cc1nc(C)c(C(C)Nc2ccccc2OC(C)C)s1. The molecular formula is C16H22N2OS. The smallest absolute Gasteiger partial charge is 0.142 e. The molecular weight excluding hydrogens is 268 g/mol. The molecule has 4 heteroatoms. The van der Waals surface area contributed by atoms with Gasteiger partial charge in [-0.15, -0.1) is 11.3 Å². The van der Waals surface area contributed by atoms with Crippen LogP contribution in [0.4, 0.5) is 5.69 Å². The maximum Gasteiger partial charge on any atom is 0.142 e. The highest BCUT2D eigenvalue weighted by Crippen LogP contribution is 2.31. The van der Waals surface area contributed by atoms with E-state index in [1.54, 1.807) is 11.3 Å². The fourth-order valence-electron chi connectivity index (χ4n) is 2.19. The summed E-state index contributed by atoms with van der Waals surface area (Å²) in [5.41, 5.74) is 2.13.